The highest BCUT2D eigenvalue weighted by molar-refractivity contribution is 5.92. The molecule has 3 aromatic rings. The molecule has 34 heavy (non-hydrogen) atoms. The normalized spacial score (nSPS) is 14.6. The second-order valence-corrected chi connectivity index (χ2v) is 7.99. The summed E-state index contributed by atoms with van der Waals surface area (Å²) in [6.07, 6.45) is 0. The molecule has 0 spiro atoms. The molecule has 0 aliphatic carbocycles. The Bertz CT molecular complexity index is 1340. The molecule has 1 unspecified atom stereocenters. The highest BCUT2D eigenvalue weighted by Gasteiger charge is 2.34. The van der Waals surface area contributed by atoms with Gasteiger partial charge in [-0.3, -0.25) is 9.89 Å². The molecular weight excluding hydrogens is 434 g/mol. The number of fused-ring (bicyclic) bond motifs is 1. The molecule has 4 N–H and O–H groups in total. The molecule has 1 atom stereocenters. The van der Waals surface area contributed by atoms with Gasteiger partial charge in [-0.25, -0.2) is 0 Å². The Morgan fingerprint density at radius 1 is 1.26 bits per heavy atom. The maximum absolute atomic E-state index is 12.5. The van der Waals surface area contributed by atoms with E-state index >= 15 is 0 Å². The monoisotopic (exact) mass is 459 g/mol. The molecule has 0 fully saturated rings. The number of nitriles is 1. The predicted molar refractivity (Wildman–Crippen MR) is 126 cm³/mol. The van der Waals surface area contributed by atoms with Crippen molar-refractivity contribution in [1.82, 2.24) is 10.2 Å². The molecular formula is C25H25N5O4. The number of nitrogens with one attached hydrogen (secondary N) is 2. The van der Waals surface area contributed by atoms with Crippen molar-refractivity contribution in [3.8, 4) is 23.4 Å². The number of H-pyrrole nitrogens is 1. The van der Waals surface area contributed by atoms with E-state index < -0.39 is 5.92 Å². The number of aromatic nitrogens is 2. The number of anilines is 1. The Balaban J connectivity index is 1.57. The van der Waals surface area contributed by atoms with Crippen LogP contribution in [0.25, 0.3) is 0 Å². The van der Waals surface area contributed by atoms with Crippen LogP contribution in [0.3, 0.4) is 0 Å². The predicted octanol–water partition coefficient (Wildman–Crippen LogP) is 3.58. The maximum Gasteiger partial charge on any atom is 0.262 e. The Hall–Kier alpha value is -4.45. The zero-order valence-corrected chi connectivity index (χ0v) is 19.4. The number of nitrogens with zero attached hydrogens (tertiary/aromatic N) is 2. The van der Waals surface area contributed by atoms with Crippen molar-refractivity contribution in [3.05, 3.63) is 75.8 Å². The van der Waals surface area contributed by atoms with Crippen molar-refractivity contribution < 1.29 is 19.0 Å². The fourth-order valence-corrected chi connectivity index (χ4v) is 3.93. The molecule has 0 saturated carbocycles. The molecule has 1 aliphatic heterocycles. The third-order valence-electron chi connectivity index (χ3n) is 5.89. The number of allylic oxidation sites excluding steroid dienone is 1. The van der Waals surface area contributed by atoms with Crippen molar-refractivity contribution in [2.24, 2.45) is 5.73 Å². The van der Waals surface area contributed by atoms with Crippen LogP contribution in [-0.2, 0) is 4.79 Å². The zero-order chi connectivity index (χ0) is 24.4. The summed E-state index contributed by atoms with van der Waals surface area (Å²) in [5, 5.41) is 19.6. The lowest BCUT2D eigenvalue weighted by Gasteiger charge is -2.24. The summed E-state index contributed by atoms with van der Waals surface area (Å²) in [6, 6.07) is 13.1. The number of nitrogens with two attached hydrogens (primary N) is 1. The van der Waals surface area contributed by atoms with Crippen LogP contribution in [-0.4, -0.2) is 29.8 Å². The number of rotatable bonds is 6. The van der Waals surface area contributed by atoms with Gasteiger partial charge in [0.25, 0.3) is 5.91 Å². The van der Waals surface area contributed by atoms with Gasteiger partial charge in [0.1, 0.15) is 11.6 Å². The lowest BCUT2D eigenvalue weighted by atomic mass is 9.84. The van der Waals surface area contributed by atoms with Gasteiger partial charge in [0.05, 0.1) is 13.0 Å². The Kier molecular flexibility index (Phi) is 6.15. The largest absolute Gasteiger partial charge is 0.493 e. The van der Waals surface area contributed by atoms with Crippen LogP contribution in [0.15, 0.2) is 47.9 Å². The van der Waals surface area contributed by atoms with E-state index in [1.807, 2.05) is 39.0 Å². The van der Waals surface area contributed by atoms with E-state index in [4.69, 9.17) is 19.9 Å². The van der Waals surface area contributed by atoms with Crippen LogP contribution in [0.1, 0.15) is 33.9 Å². The summed E-state index contributed by atoms with van der Waals surface area (Å²) in [5.41, 5.74) is 11.3. The van der Waals surface area contributed by atoms with E-state index in [9.17, 15) is 10.1 Å². The van der Waals surface area contributed by atoms with Crippen molar-refractivity contribution in [2.45, 2.75) is 26.7 Å². The maximum atomic E-state index is 12.5. The van der Waals surface area contributed by atoms with Crippen LogP contribution >= 0.6 is 0 Å². The number of aryl methyl sites for hydroxylation is 2. The average Bonchev–Trinajstić information content (AvgIpc) is 3.19. The van der Waals surface area contributed by atoms with E-state index in [0.29, 0.717) is 17.4 Å². The van der Waals surface area contributed by atoms with Gasteiger partial charge in [-0.1, -0.05) is 18.2 Å². The summed E-state index contributed by atoms with van der Waals surface area (Å²) in [6.45, 7) is 5.60. The van der Waals surface area contributed by atoms with Crippen LogP contribution in [0.2, 0.25) is 0 Å². The molecule has 9 nitrogen and oxygen atoms in total. The minimum absolute atomic E-state index is 0.00825. The summed E-state index contributed by atoms with van der Waals surface area (Å²) in [5.74, 6) is 0.389. The van der Waals surface area contributed by atoms with Gasteiger partial charge in [-0.2, -0.15) is 5.26 Å². The summed E-state index contributed by atoms with van der Waals surface area (Å²) < 4.78 is 16.8. The van der Waals surface area contributed by atoms with Gasteiger partial charge < -0.3 is 25.3 Å². The number of hydrogen-bond acceptors (Lipinski definition) is 7. The van der Waals surface area contributed by atoms with Gasteiger partial charge in [0.15, 0.2) is 18.1 Å². The van der Waals surface area contributed by atoms with E-state index in [1.54, 1.807) is 18.2 Å². The first kappa shape index (κ1) is 22.7. The van der Waals surface area contributed by atoms with Crippen LogP contribution < -0.4 is 25.3 Å². The molecule has 1 aromatic heterocycles. The van der Waals surface area contributed by atoms with Crippen molar-refractivity contribution >= 4 is 11.6 Å². The fourth-order valence-electron chi connectivity index (χ4n) is 3.93. The van der Waals surface area contributed by atoms with Gasteiger partial charge in [-0.15, -0.1) is 5.10 Å². The number of carbonyl (C=O) groups excluding carboxylic acids is 1. The van der Waals surface area contributed by atoms with Crippen molar-refractivity contribution in [3.63, 3.8) is 0 Å². The Morgan fingerprint density at radius 3 is 2.79 bits per heavy atom. The molecule has 9 heteroatoms. The van der Waals surface area contributed by atoms with E-state index in [0.717, 1.165) is 33.6 Å². The van der Waals surface area contributed by atoms with Crippen LogP contribution in [0, 0.1) is 32.1 Å². The number of methoxy groups -OCH3 is 1. The second kappa shape index (κ2) is 9.19. The number of amides is 1. The average molecular weight is 460 g/mol. The van der Waals surface area contributed by atoms with E-state index in [2.05, 4.69) is 21.6 Å². The first-order valence-corrected chi connectivity index (χ1v) is 10.6. The van der Waals surface area contributed by atoms with Crippen molar-refractivity contribution in [1.29, 1.82) is 5.26 Å². The molecule has 0 radical (unpaired) electrons. The van der Waals surface area contributed by atoms with Crippen LogP contribution in [0.5, 0.6) is 17.4 Å². The third-order valence-corrected chi connectivity index (χ3v) is 5.89. The van der Waals surface area contributed by atoms with Gasteiger partial charge in [0, 0.05) is 16.9 Å². The lowest BCUT2D eigenvalue weighted by Crippen LogP contribution is -2.21. The molecule has 2 aromatic carbocycles. The SMILES string of the molecule is COc1cc(C2C(C#N)=C(N)Oc3n[nH]c(C)c32)ccc1OCC(=O)Nc1cccc(C)c1C. The Morgan fingerprint density at radius 2 is 2.06 bits per heavy atom. The molecule has 0 saturated heterocycles. The first-order valence-electron chi connectivity index (χ1n) is 10.6. The highest BCUT2D eigenvalue weighted by atomic mass is 16.5. The third kappa shape index (κ3) is 4.13. The number of aromatic amines is 1. The first-order chi connectivity index (χ1) is 16.3. The van der Waals surface area contributed by atoms with E-state index in [-0.39, 0.29) is 24.0 Å². The Labute approximate surface area is 197 Å². The minimum atomic E-state index is -0.483. The number of hydrogen-bond donors (Lipinski definition) is 3. The van der Waals surface area contributed by atoms with Gasteiger partial charge in [-0.05, 0) is 55.7 Å². The number of ether oxygens (including phenoxy) is 3. The van der Waals surface area contributed by atoms with E-state index in [1.165, 1.54) is 7.11 Å². The quantitative estimate of drug-likeness (QED) is 0.513. The summed E-state index contributed by atoms with van der Waals surface area (Å²) in [4.78, 5) is 12.5. The molecule has 0 bridgehead atoms. The molecule has 1 amide bonds. The minimum Gasteiger partial charge on any atom is -0.493 e. The zero-order valence-electron chi connectivity index (χ0n) is 19.4. The topological polar surface area (TPSA) is 135 Å². The molecule has 174 valence electrons. The van der Waals surface area contributed by atoms with Crippen LogP contribution in [0.4, 0.5) is 5.69 Å². The standard InChI is InChI=1S/C25H25N5O4/c1-13-6-5-7-18(14(13)2)28-21(31)12-33-19-9-8-16(10-20(19)32-4)23-17(11-26)24(27)34-25-22(23)15(3)29-30-25/h5-10,23H,12,27H2,1-4H3,(H,28,31)(H,29,30). The van der Waals surface area contributed by atoms with Gasteiger partial charge >= 0.3 is 0 Å². The number of carbonyl (C=O) groups is 1. The fraction of sp³-hybridized carbons (Fsp3) is 0.240. The lowest BCUT2D eigenvalue weighted by molar-refractivity contribution is -0.118. The molecule has 2 heterocycles. The second-order valence-electron chi connectivity index (χ2n) is 7.99. The van der Waals surface area contributed by atoms with Gasteiger partial charge in [0.2, 0.25) is 11.8 Å². The smallest absolute Gasteiger partial charge is 0.262 e. The number of benzene rings is 2. The molecule has 1 aliphatic rings. The van der Waals surface area contributed by atoms with Crippen molar-refractivity contribution in [2.75, 3.05) is 19.0 Å². The summed E-state index contributed by atoms with van der Waals surface area (Å²) in [7, 11) is 1.51. The highest BCUT2D eigenvalue weighted by Crippen LogP contribution is 2.44. The molecule has 4 rings (SSSR count). The summed E-state index contributed by atoms with van der Waals surface area (Å²) >= 11 is 0.